The summed E-state index contributed by atoms with van der Waals surface area (Å²) in [5.74, 6) is 2.00. The molecule has 0 spiro atoms. The Hall–Kier alpha value is -1.91. The minimum atomic E-state index is -0.286. The summed E-state index contributed by atoms with van der Waals surface area (Å²) >= 11 is 0. The van der Waals surface area contributed by atoms with Crippen molar-refractivity contribution in [2.24, 2.45) is 4.99 Å². The van der Waals surface area contributed by atoms with Crippen LogP contribution >= 0.6 is 24.0 Å². The smallest absolute Gasteiger partial charge is 0.248 e. The van der Waals surface area contributed by atoms with Crippen LogP contribution in [-0.2, 0) is 6.54 Å². The Bertz CT molecular complexity index is 663. The van der Waals surface area contributed by atoms with Gasteiger partial charge in [0, 0.05) is 6.54 Å². The van der Waals surface area contributed by atoms with E-state index in [2.05, 4.69) is 25.8 Å². The summed E-state index contributed by atoms with van der Waals surface area (Å²) in [6, 6.07) is 5.94. The minimum Gasteiger partial charge on any atom is -0.489 e. The zero-order valence-corrected chi connectivity index (χ0v) is 16.8. The quantitative estimate of drug-likeness (QED) is 0.373. The number of nitrogens with zero attached hydrogens (tertiary/aromatic N) is 3. The largest absolute Gasteiger partial charge is 0.489 e. The van der Waals surface area contributed by atoms with Gasteiger partial charge in [-0.3, -0.25) is 0 Å². The minimum absolute atomic E-state index is 0. The van der Waals surface area contributed by atoms with Gasteiger partial charge in [-0.25, -0.2) is 9.38 Å². The molecule has 1 aromatic carbocycles. The first-order valence-corrected chi connectivity index (χ1v) is 7.80. The molecule has 2 rings (SSSR count). The Morgan fingerprint density at radius 2 is 2.04 bits per heavy atom. The molecule has 0 saturated heterocycles. The second-order valence-electron chi connectivity index (χ2n) is 5.19. The van der Waals surface area contributed by atoms with Gasteiger partial charge in [-0.1, -0.05) is 5.16 Å². The number of nitrogens with one attached hydrogen (secondary N) is 2. The molecule has 1 atom stereocenters. The fourth-order valence-corrected chi connectivity index (χ4v) is 1.92. The van der Waals surface area contributed by atoms with Crippen molar-refractivity contribution in [3.63, 3.8) is 0 Å². The Kier molecular flexibility index (Phi) is 9.17. The number of aryl methyl sites for hydroxylation is 1. The number of benzene rings is 1. The highest BCUT2D eigenvalue weighted by Gasteiger charge is 2.07. The maximum atomic E-state index is 12.9. The van der Waals surface area contributed by atoms with Crippen LogP contribution in [0.25, 0.3) is 0 Å². The van der Waals surface area contributed by atoms with E-state index in [0.29, 0.717) is 36.5 Å². The van der Waals surface area contributed by atoms with Crippen molar-refractivity contribution < 1.29 is 13.7 Å². The number of aromatic nitrogens is 2. The highest BCUT2D eigenvalue weighted by atomic mass is 127. The van der Waals surface area contributed by atoms with Crippen LogP contribution in [0.5, 0.6) is 5.75 Å². The second-order valence-corrected chi connectivity index (χ2v) is 5.19. The number of ether oxygens (including phenoxy) is 1. The molecule has 0 bridgehead atoms. The second kappa shape index (κ2) is 10.9. The van der Waals surface area contributed by atoms with Gasteiger partial charge < -0.3 is 19.9 Å². The van der Waals surface area contributed by atoms with E-state index >= 15 is 0 Å². The van der Waals surface area contributed by atoms with Gasteiger partial charge in [0.1, 0.15) is 24.2 Å². The summed E-state index contributed by atoms with van der Waals surface area (Å²) < 4.78 is 23.6. The molecule has 1 aromatic heterocycles. The molecular formula is C16H23FIN5O2. The molecule has 0 radical (unpaired) electrons. The van der Waals surface area contributed by atoms with Crippen LogP contribution in [0.1, 0.15) is 25.6 Å². The zero-order chi connectivity index (χ0) is 17.4. The summed E-state index contributed by atoms with van der Waals surface area (Å²) in [6.07, 6.45) is -0.120. The average Bonchev–Trinajstić information content (AvgIpc) is 2.98. The third-order valence-electron chi connectivity index (χ3n) is 2.99. The number of rotatable bonds is 7. The fraction of sp³-hybridized carbons (Fsp3) is 0.438. The molecule has 2 aromatic rings. The number of halogens is 2. The summed E-state index contributed by atoms with van der Waals surface area (Å²) in [6.45, 7) is 7.21. The normalized spacial score (nSPS) is 12.2. The Morgan fingerprint density at radius 3 is 2.64 bits per heavy atom. The number of aliphatic imine (C=N–C) groups is 1. The molecule has 0 aliphatic carbocycles. The zero-order valence-electron chi connectivity index (χ0n) is 14.5. The molecule has 138 valence electrons. The lowest BCUT2D eigenvalue weighted by molar-refractivity contribution is 0.223. The van der Waals surface area contributed by atoms with Crippen molar-refractivity contribution in [1.29, 1.82) is 0 Å². The molecule has 0 aliphatic rings. The van der Waals surface area contributed by atoms with Crippen LogP contribution in [0.4, 0.5) is 4.39 Å². The van der Waals surface area contributed by atoms with Crippen molar-refractivity contribution >= 4 is 29.9 Å². The molecule has 2 N–H and O–H groups in total. The van der Waals surface area contributed by atoms with Gasteiger partial charge in [0.25, 0.3) is 0 Å². The van der Waals surface area contributed by atoms with Crippen molar-refractivity contribution in [2.75, 3.05) is 13.1 Å². The monoisotopic (exact) mass is 463 g/mol. The van der Waals surface area contributed by atoms with Gasteiger partial charge in [-0.2, -0.15) is 4.98 Å². The van der Waals surface area contributed by atoms with E-state index in [1.54, 1.807) is 19.1 Å². The molecular weight excluding hydrogens is 440 g/mol. The molecule has 0 fully saturated rings. The number of hydrogen-bond acceptors (Lipinski definition) is 5. The first kappa shape index (κ1) is 21.1. The van der Waals surface area contributed by atoms with E-state index in [1.807, 2.05) is 13.8 Å². The van der Waals surface area contributed by atoms with Gasteiger partial charge in [-0.05, 0) is 45.0 Å². The number of hydrogen-bond donors (Lipinski definition) is 2. The fourth-order valence-electron chi connectivity index (χ4n) is 1.92. The van der Waals surface area contributed by atoms with Gasteiger partial charge in [0.2, 0.25) is 5.89 Å². The van der Waals surface area contributed by atoms with E-state index in [9.17, 15) is 4.39 Å². The summed E-state index contributed by atoms with van der Waals surface area (Å²) in [5.41, 5.74) is 0. The van der Waals surface area contributed by atoms with Crippen LogP contribution < -0.4 is 15.4 Å². The lowest BCUT2D eigenvalue weighted by atomic mass is 10.3. The van der Waals surface area contributed by atoms with Gasteiger partial charge in [0.05, 0.1) is 6.54 Å². The Morgan fingerprint density at radius 1 is 1.32 bits per heavy atom. The first-order valence-electron chi connectivity index (χ1n) is 7.80. The molecule has 0 aliphatic heterocycles. The molecule has 1 heterocycles. The van der Waals surface area contributed by atoms with Crippen molar-refractivity contribution in [3.8, 4) is 5.75 Å². The maximum absolute atomic E-state index is 12.9. The van der Waals surface area contributed by atoms with Crippen molar-refractivity contribution in [2.45, 2.75) is 33.4 Å². The first-order chi connectivity index (χ1) is 11.6. The van der Waals surface area contributed by atoms with Crippen molar-refractivity contribution in [1.82, 2.24) is 20.8 Å². The van der Waals surface area contributed by atoms with Gasteiger partial charge >= 0.3 is 0 Å². The van der Waals surface area contributed by atoms with Gasteiger partial charge in [0.15, 0.2) is 11.8 Å². The van der Waals surface area contributed by atoms with Crippen LogP contribution in [0.2, 0.25) is 0 Å². The van der Waals surface area contributed by atoms with E-state index in [1.165, 1.54) is 12.1 Å². The predicted octanol–water partition coefficient (Wildman–Crippen LogP) is 2.66. The Balaban J connectivity index is 0.00000312. The lowest BCUT2D eigenvalue weighted by Gasteiger charge is -2.17. The van der Waals surface area contributed by atoms with Crippen LogP contribution in [0.15, 0.2) is 33.8 Å². The average molecular weight is 463 g/mol. The van der Waals surface area contributed by atoms with E-state index in [0.717, 1.165) is 6.54 Å². The van der Waals surface area contributed by atoms with Crippen LogP contribution in [-0.4, -0.2) is 35.3 Å². The third-order valence-corrected chi connectivity index (χ3v) is 2.99. The van der Waals surface area contributed by atoms with E-state index in [-0.39, 0.29) is 35.9 Å². The SMILES string of the molecule is CCNC(=NCc1nc(C)no1)NCC(C)Oc1ccc(F)cc1.I. The van der Waals surface area contributed by atoms with E-state index in [4.69, 9.17) is 9.26 Å². The highest BCUT2D eigenvalue weighted by Crippen LogP contribution is 2.12. The molecule has 7 nitrogen and oxygen atoms in total. The number of guanidine groups is 1. The lowest BCUT2D eigenvalue weighted by Crippen LogP contribution is -2.41. The summed E-state index contributed by atoms with van der Waals surface area (Å²) in [4.78, 5) is 8.49. The summed E-state index contributed by atoms with van der Waals surface area (Å²) in [7, 11) is 0. The summed E-state index contributed by atoms with van der Waals surface area (Å²) in [5, 5.41) is 10.0. The topological polar surface area (TPSA) is 84.6 Å². The third kappa shape index (κ3) is 7.67. The van der Waals surface area contributed by atoms with Crippen LogP contribution in [0, 0.1) is 12.7 Å². The highest BCUT2D eigenvalue weighted by molar-refractivity contribution is 14.0. The molecule has 9 heteroatoms. The standard InChI is InChI=1S/C16H22FN5O2.HI/c1-4-18-16(20-10-15-21-12(3)22-24-15)19-9-11(2)23-14-7-5-13(17)6-8-14;/h5-8,11H,4,9-10H2,1-3H3,(H2,18,19,20);1H. The molecule has 25 heavy (non-hydrogen) atoms. The van der Waals surface area contributed by atoms with Gasteiger partial charge in [-0.15, -0.1) is 24.0 Å². The maximum Gasteiger partial charge on any atom is 0.248 e. The Labute approximate surface area is 163 Å². The van der Waals surface area contributed by atoms with Crippen molar-refractivity contribution in [3.05, 3.63) is 41.8 Å². The van der Waals surface area contributed by atoms with Crippen LogP contribution in [0.3, 0.4) is 0 Å². The molecule has 1 unspecified atom stereocenters. The van der Waals surface area contributed by atoms with E-state index < -0.39 is 0 Å². The predicted molar refractivity (Wildman–Crippen MR) is 104 cm³/mol. The molecule has 0 amide bonds. The molecule has 0 saturated carbocycles.